The second-order valence-corrected chi connectivity index (χ2v) is 7.37. The molecule has 0 radical (unpaired) electrons. The van der Waals surface area contributed by atoms with Gasteiger partial charge in [-0.15, -0.1) is 0 Å². The maximum atomic E-state index is 11.7. The quantitative estimate of drug-likeness (QED) is 0.262. The summed E-state index contributed by atoms with van der Waals surface area (Å²) in [7, 11) is 0. The molecule has 0 aliphatic rings. The van der Waals surface area contributed by atoms with Crippen LogP contribution in [0.1, 0.15) is 85.5 Å². The fraction of sp³-hybridized carbons (Fsp3) is 0.857. The predicted molar refractivity (Wildman–Crippen MR) is 103 cm³/mol. The second-order valence-electron chi connectivity index (χ2n) is 7.37. The van der Waals surface area contributed by atoms with Gasteiger partial charge in [-0.25, -0.2) is 0 Å². The highest BCUT2D eigenvalue weighted by molar-refractivity contribution is 5.69. The Kier molecular flexibility index (Phi) is 13.8. The molecule has 0 amide bonds. The molecule has 0 heterocycles. The van der Waals surface area contributed by atoms with E-state index in [0.29, 0.717) is 17.4 Å². The molecule has 2 atom stereocenters. The molecule has 4 heteroatoms. The van der Waals surface area contributed by atoms with E-state index in [9.17, 15) is 15.0 Å². The zero-order valence-electron chi connectivity index (χ0n) is 17.0. The van der Waals surface area contributed by atoms with Crippen molar-refractivity contribution in [2.24, 2.45) is 0 Å². The number of carboxylic acid groups (broad SMARTS) is 1. The zero-order valence-corrected chi connectivity index (χ0v) is 17.0. The first-order valence-electron chi connectivity index (χ1n) is 10.3. The Morgan fingerprint density at radius 3 is 2.04 bits per heavy atom. The average Bonchev–Trinajstić information content (AvgIpc) is 2.58. The van der Waals surface area contributed by atoms with Crippen molar-refractivity contribution >= 4 is 5.97 Å². The van der Waals surface area contributed by atoms with Crippen LogP contribution in [0.4, 0.5) is 0 Å². The number of rotatable bonds is 16. The van der Waals surface area contributed by atoms with Crippen LogP contribution in [-0.2, 0) is 4.79 Å². The highest BCUT2D eigenvalue weighted by atomic mass is 16.4. The van der Waals surface area contributed by atoms with Gasteiger partial charge in [-0.1, -0.05) is 45.8 Å². The van der Waals surface area contributed by atoms with Gasteiger partial charge in [0.15, 0.2) is 0 Å². The molecule has 0 aliphatic heterocycles. The fourth-order valence-electron chi connectivity index (χ4n) is 3.50. The summed E-state index contributed by atoms with van der Waals surface area (Å²) in [5, 5.41) is 22.2. The molecule has 2 unspecified atom stereocenters. The number of hydrogen-bond donors (Lipinski definition) is 1. The molecule has 0 aromatic rings. The summed E-state index contributed by atoms with van der Waals surface area (Å²) in [6.45, 7) is 10.3. The average molecular weight is 356 g/mol. The van der Waals surface area contributed by atoms with E-state index in [1.807, 2.05) is 0 Å². The first-order chi connectivity index (χ1) is 11.9. The second kappa shape index (κ2) is 14.3. The number of carbonyl (C=O) groups is 1. The third-order valence-electron chi connectivity index (χ3n) is 5.22. The van der Waals surface area contributed by atoms with Crippen molar-refractivity contribution in [2.75, 3.05) is 19.6 Å². The van der Waals surface area contributed by atoms with Crippen molar-refractivity contribution < 1.29 is 19.5 Å². The van der Waals surface area contributed by atoms with E-state index in [-0.39, 0.29) is 0 Å². The monoisotopic (exact) mass is 355 g/mol. The molecule has 0 saturated heterocycles. The van der Waals surface area contributed by atoms with Gasteiger partial charge in [0.2, 0.25) is 0 Å². The van der Waals surface area contributed by atoms with Gasteiger partial charge in [0.05, 0.1) is 19.1 Å². The van der Waals surface area contributed by atoms with Crippen LogP contribution < -0.4 is 5.11 Å². The Balaban J connectivity index is 5.11. The molecule has 1 N–H and O–H groups in total. The van der Waals surface area contributed by atoms with Crippen molar-refractivity contribution in [2.45, 2.75) is 97.6 Å². The van der Waals surface area contributed by atoms with Crippen LogP contribution >= 0.6 is 0 Å². The number of allylic oxidation sites excluding steroid dienone is 2. The maximum Gasteiger partial charge on any atom is 0.126 e. The lowest BCUT2D eigenvalue weighted by atomic mass is 10.0. The molecule has 0 rings (SSSR count). The predicted octanol–water partition coefficient (Wildman–Crippen LogP) is 3.43. The smallest absolute Gasteiger partial charge is 0.126 e. The summed E-state index contributed by atoms with van der Waals surface area (Å²) in [6, 6.07) is -0.574. The van der Waals surface area contributed by atoms with Gasteiger partial charge in [0, 0.05) is 0 Å². The number of carbonyl (C=O) groups excluding carboxylic acids is 1. The van der Waals surface area contributed by atoms with Gasteiger partial charge in [0.1, 0.15) is 18.7 Å². The van der Waals surface area contributed by atoms with Crippen molar-refractivity contribution in [1.82, 2.24) is 0 Å². The number of unbranched alkanes of at least 4 members (excludes halogenated alkanes) is 4. The third kappa shape index (κ3) is 10.0. The zero-order chi connectivity index (χ0) is 19.1. The summed E-state index contributed by atoms with van der Waals surface area (Å²) >= 11 is 0. The standard InChI is InChI=1S/C21H41NO3/c1-5-8-11-12-15-20(23)18-22(16-13-9-6-2,17-14-10-7-3)19(4)21(24)25/h8,11,19-20,23H,5-7,9-10,12-18H2,1-4H3/b11-8+. The normalized spacial score (nSPS) is 14.8. The highest BCUT2D eigenvalue weighted by Gasteiger charge is 2.36. The fourth-order valence-corrected chi connectivity index (χ4v) is 3.50. The van der Waals surface area contributed by atoms with Crippen molar-refractivity contribution in [3.8, 4) is 0 Å². The lowest BCUT2D eigenvalue weighted by Crippen LogP contribution is -2.63. The van der Waals surface area contributed by atoms with Crippen LogP contribution in [0.3, 0.4) is 0 Å². The summed E-state index contributed by atoms with van der Waals surface area (Å²) in [4.78, 5) is 11.7. The van der Waals surface area contributed by atoms with Crippen LogP contribution in [0.25, 0.3) is 0 Å². The first kappa shape index (κ1) is 24.1. The number of carboxylic acids is 1. The Labute approximate surface area is 155 Å². The maximum absolute atomic E-state index is 11.7. The molecule has 0 aromatic heterocycles. The largest absolute Gasteiger partial charge is 0.544 e. The third-order valence-corrected chi connectivity index (χ3v) is 5.22. The first-order valence-corrected chi connectivity index (χ1v) is 10.3. The molecule has 0 fully saturated rings. The van der Waals surface area contributed by atoms with Gasteiger partial charge >= 0.3 is 0 Å². The molecule has 0 saturated carbocycles. The molecule has 0 spiro atoms. The minimum atomic E-state index is -0.994. The summed E-state index contributed by atoms with van der Waals surface area (Å²) < 4.78 is 0.459. The van der Waals surface area contributed by atoms with Crippen molar-refractivity contribution in [1.29, 1.82) is 0 Å². The molecule has 148 valence electrons. The summed E-state index contributed by atoms with van der Waals surface area (Å²) in [6.07, 6.45) is 12.7. The Bertz CT molecular complexity index is 358. The van der Waals surface area contributed by atoms with Gasteiger partial charge in [-0.2, -0.15) is 0 Å². The van der Waals surface area contributed by atoms with E-state index in [0.717, 1.165) is 64.5 Å². The lowest BCUT2D eigenvalue weighted by molar-refractivity contribution is -0.946. The molecular weight excluding hydrogens is 314 g/mol. The molecule has 0 aromatic carbocycles. The van der Waals surface area contributed by atoms with Crippen LogP contribution in [0.2, 0.25) is 0 Å². The number of aliphatic carboxylic acids is 1. The van der Waals surface area contributed by atoms with E-state index < -0.39 is 18.1 Å². The number of aliphatic hydroxyl groups is 1. The lowest BCUT2D eigenvalue weighted by Gasteiger charge is -2.45. The van der Waals surface area contributed by atoms with E-state index in [1.54, 1.807) is 6.92 Å². The molecular formula is C21H41NO3. The molecule has 0 bridgehead atoms. The van der Waals surface area contributed by atoms with E-state index >= 15 is 0 Å². The molecule has 4 nitrogen and oxygen atoms in total. The Morgan fingerprint density at radius 2 is 1.60 bits per heavy atom. The van der Waals surface area contributed by atoms with Gasteiger partial charge in [-0.3, -0.25) is 0 Å². The van der Waals surface area contributed by atoms with Gasteiger partial charge in [-0.05, 0) is 51.9 Å². The van der Waals surface area contributed by atoms with Crippen LogP contribution in [0.15, 0.2) is 12.2 Å². The van der Waals surface area contributed by atoms with Crippen LogP contribution in [0, 0.1) is 0 Å². The van der Waals surface area contributed by atoms with E-state index in [1.165, 1.54) is 0 Å². The minimum Gasteiger partial charge on any atom is -0.544 e. The van der Waals surface area contributed by atoms with Gasteiger partial charge in [0.25, 0.3) is 0 Å². The Morgan fingerprint density at radius 1 is 1.04 bits per heavy atom. The number of aliphatic hydroxyl groups excluding tert-OH is 1. The van der Waals surface area contributed by atoms with Crippen molar-refractivity contribution in [3.63, 3.8) is 0 Å². The van der Waals surface area contributed by atoms with Crippen LogP contribution in [-0.4, -0.2) is 47.3 Å². The van der Waals surface area contributed by atoms with Gasteiger partial charge < -0.3 is 19.5 Å². The molecule has 25 heavy (non-hydrogen) atoms. The van der Waals surface area contributed by atoms with E-state index in [4.69, 9.17) is 0 Å². The summed E-state index contributed by atoms with van der Waals surface area (Å²) in [5.74, 6) is -0.994. The van der Waals surface area contributed by atoms with Crippen LogP contribution in [0.5, 0.6) is 0 Å². The number of nitrogens with zero attached hydrogens (tertiary/aromatic N) is 1. The Hall–Kier alpha value is -0.870. The topological polar surface area (TPSA) is 60.4 Å². The number of hydrogen-bond acceptors (Lipinski definition) is 3. The van der Waals surface area contributed by atoms with E-state index in [2.05, 4.69) is 32.9 Å². The molecule has 0 aliphatic carbocycles. The number of quaternary nitrogens is 1. The summed E-state index contributed by atoms with van der Waals surface area (Å²) in [5.41, 5.74) is 0. The van der Waals surface area contributed by atoms with Crippen molar-refractivity contribution in [3.05, 3.63) is 12.2 Å². The highest BCUT2D eigenvalue weighted by Crippen LogP contribution is 2.21. The minimum absolute atomic E-state index is 0.459. The SMILES string of the molecule is CC/C=C/CCC(O)C[N+](CCCCC)(CCCCC)C(C)C(=O)[O-].